The van der Waals surface area contributed by atoms with E-state index in [1.165, 1.54) is 4.90 Å². The van der Waals surface area contributed by atoms with Crippen molar-refractivity contribution >= 4 is 52.2 Å². The number of fused-ring (bicyclic) bond motifs is 1. The predicted octanol–water partition coefficient (Wildman–Crippen LogP) is 6.54. The Morgan fingerprint density at radius 1 is 0.971 bits per heavy atom. The number of rotatable bonds is 6. The molecule has 0 aromatic heterocycles. The normalized spacial score (nSPS) is 15.9. The van der Waals surface area contributed by atoms with Gasteiger partial charge in [0.2, 0.25) is 6.79 Å². The van der Waals surface area contributed by atoms with Crippen molar-refractivity contribution in [2.75, 3.05) is 6.79 Å². The molecule has 1 saturated heterocycles. The molecule has 34 heavy (non-hydrogen) atoms. The molecule has 0 N–H and O–H groups in total. The molecule has 0 bridgehead atoms. The van der Waals surface area contributed by atoms with Gasteiger partial charge in [-0.3, -0.25) is 14.5 Å². The summed E-state index contributed by atoms with van der Waals surface area (Å²) in [4.78, 5) is 26.8. The van der Waals surface area contributed by atoms with E-state index in [1.54, 1.807) is 24.3 Å². The minimum absolute atomic E-state index is 0.0879. The number of benzene rings is 3. The van der Waals surface area contributed by atoms with Crippen molar-refractivity contribution in [2.24, 2.45) is 0 Å². The van der Waals surface area contributed by atoms with Gasteiger partial charge in [-0.15, -0.1) is 0 Å². The monoisotopic (exact) mass is 513 g/mol. The third-order valence-corrected chi connectivity index (χ3v) is 6.73. The zero-order valence-corrected chi connectivity index (χ0v) is 20.0. The Balaban J connectivity index is 1.23. The topological polar surface area (TPSA) is 65.1 Å². The van der Waals surface area contributed by atoms with Crippen LogP contribution in [0.3, 0.4) is 0 Å². The van der Waals surface area contributed by atoms with Gasteiger partial charge < -0.3 is 14.2 Å². The summed E-state index contributed by atoms with van der Waals surface area (Å²) in [5, 5.41) is 0.559. The van der Waals surface area contributed by atoms with Crippen molar-refractivity contribution in [3.05, 3.63) is 92.3 Å². The van der Waals surface area contributed by atoms with Crippen LogP contribution in [0.25, 0.3) is 6.08 Å². The molecule has 9 heteroatoms. The van der Waals surface area contributed by atoms with Crippen LogP contribution in [0.5, 0.6) is 17.2 Å². The second-order valence-corrected chi connectivity index (χ2v) is 9.39. The number of thioether (sulfide) groups is 1. The molecule has 1 fully saturated rings. The van der Waals surface area contributed by atoms with Crippen molar-refractivity contribution in [1.82, 2.24) is 4.90 Å². The molecule has 2 aliphatic rings. The van der Waals surface area contributed by atoms with Gasteiger partial charge >= 0.3 is 0 Å². The summed E-state index contributed by atoms with van der Waals surface area (Å²) in [5.41, 5.74) is 2.40. The van der Waals surface area contributed by atoms with Crippen LogP contribution in [0.2, 0.25) is 10.0 Å². The van der Waals surface area contributed by atoms with Crippen molar-refractivity contribution in [1.29, 1.82) is 0 Å². The molecule has 0 unspecified atom stereocenters. The smallest absolute Gasteiger partial charge is 0.293 e. The van der Waals surface area contributed by atoms with Crippen molar-refractivity contribution < 1.29 is 23.8 Å². The molecule has 0 spiro atoms. The first-order chi connectivity index (χ1) is 16.5. The average Bonchev–Trinajstić information content (AvgIpc) is 3.39. The first-order valence-electron chi connectivity index (χ1n) is 10.3. The number of imide groups is 1. The molecule has 0 aliphatic carbocycles. The molecule has 6 nitrogen and oxygen atoms in total. The third-order valence-electron chi connectivity index (χ3n) is 5.24. The maximum Gasteiger partial charge on any atom is 0.293 e. The number of carbonyl (C=O) groups excluding carboxylic acids is 2. The van der Waals surface area contributed by atoms with Gasteiger partial charge in [-0.25, -0.2) is 0 Å². The first-order valence-corrected chi connectivity index (χ1v) is 11.8. The Labute approximate surface area is 210 Å². The molecular formula is C25H17Cl2NO5S. The van der Waals surface area contributed by atoms with E-state index in [2.05, 4.69) is 0 Å². The van der Waals surface area contributed by atoms with Gasteiger partial charge in [-0.1, -0.05) is 47.5 Å². The zero-order chi connectivity index (χ0) is 23.7. The van der Waals surface area contributed by atoms with E-state index in [-0.39, 0.29) is 24.5 Å². The molecule has 2 aliphatic heterocycles. The Morgan fingerprint density at radius 2 is 1.76 bits per heavy atom. The van der Waals surface area contributed by atoms with Gasteiger partial charge in [0, 0.05) is 10.0 Å². The Morgan fingerprint density at radius 3 is 2.56 bits per heavy atom. The van der Waals surface area contributed by atoms with Gasteiger partial charge in [0.1, 0.15) is 12.4 Å². The fourth-order valence-electron chi connectivity index (χ4n) is 3.47. The number of amides is 2. The van der Waals surface area contributed by atoms with Crippen LogP contribution in [0.4, 0.5) is 4.79 Å². The number of hydrogen-bond donors (Lipinski definition) is 0. The largest absolute Gasteiger partial charge is 0.489 e. The van der Waals surface area contributed by atoms with Crippen molar-refractivity contribution in [2.45, 2.75) is 13.2 Å². The SMILES string of the molecule is O=C1S/C(=C\c2ccc(OCc3ccc4c(c3)OCO4)cc2)C(=O)N1Cc1ccc(Cl)cc1Cl. The van der Waals surface area contributed by atoms with Crippen molar-refractivity contribution in [3.63, 3.8) is 0 Å². The summed E-state index contributed by atoms with van der Waals surface area (Å²) in [6, 6.07) is 17.9. The lowest BCUT2D eigenvalue weighted by Crippen LogP contribution is -2.27. The second-order valence-electron chi connectivity index (χ2n) is 7.55. The summed E-state index contributed by atoms with van der Waals surface area (Å²) in [6.45, 7) is 0.697. The molecule has 2 amide bonds. The highest BCUT2D eigenvalue weighted by Gasteiger charge is 2.35. The fraction of sp³-hybridized carbons (Fsp3) is 0.120. The molecule has 0 radical (unpaired) electrons. The average molecular weight is 514 g/mol. The number of nitrogens with zero attached hydrogens (tertiary/aromatic N) is 1. The molecule has 2 heterocycles. The highest BCUT2D eigenvalue weighted by molar-refractivity contribution is 8.18. The van der Waals surface area contributed by atoms with Gasteiger partial charge in [0.25, 0.3) is 11.1 Å². The molecule has 3 aromatic rings. The van der Waals surface area contributed by atoms with Crippen LogP contribution in [0.15, 0.2) is 65.6 Å². The molecule has 3 aromatic carbocycles. The van der Waals surface area contributed by atoms with Gasteiger partial charge in [0.05, 0.1) is 11.4 Å². The minimum atomic E-state index is -0.357. The molecule has 0 atom stereocenters. The van der Waals surface area contributed by atoms with E-state index in [0.29, 0.717) is 38.6 Å². The van der Waals surface area contributed by atoms with Gasteiger partial charge in [-0.2, -0.15) is 0 Å². The number of halogens is 2. The lowest BCUT2D eigenvalue weighted by molar-refractivity contribution is -0.123. The molecule has 5 rings (SSSR count). The quantitative estimate of drug-likeness (QED) is 0.348. The first kappa shape index (κ1) is 22.7. The Bertz CT molecular complexity index is 1310. The van der Waals surface area contributed by atoms with Crippen LogP contribution in [-0.2, 0) is 17.9 Å². The number of hydrogen-bond acceptors (Lipinski definition) is 6. The third kappa shape index (κ3) is 4.87. The number of carbonyl (C=O) groups is 2. The maximum absolute atomic E-state index is 12.8. The zero-order valence-electron chi connectivity index (χ0n) is 17.6. The van der Waals surface area contributed by atoms with Gasteiger partial charge in [0.15, 0.2) is 11.5 Å². The summed E-state index contributed by atoms with van der Waals surface area (Å²) in [6.07, 6.45) is 1.69. The maximum atomic E-state index is 12.8. The highest BCUT2D eigenvalue weighted by Crippen LogP contribution is 2.35. The Hall–Kier alpha value is -3.13. The summed E-state index contributed by atoms with van der Waals surface area (Å²) in [5.74, 6) is 1.77. The van der Waals surface area contributed by atoms with E-state index in [1.807, 2.05) is 42.5 Å². The second kappa shape index (κ2) is 9.62. The van der Waals surface area contributed by atoms with Crippen LogP contribution >= 0.6 is 35.0 Å². The fourth-order valence-corrected chi connectivity index (χ4v) is 4.77. The predicted molar refractivity (Wildman–Crippen MR) is 131 cm³/mol. The van der Waals surface area contributed by atoms with E-state index in [4.69, 9.17) is 37.4 Å². The molecule has 0 saturated carbocycles. The lowest BCUT2D eigenvalue weighted by atomic mass is 10.2. The van der Waals surface area contributed by atoms with Crippen LogP contribution in [0, 0.1) is 0 Å². The van der Waals surface area contributed by atoms with E-state index >= 15 is 0 Å². The van der Waals surface area contributed by atoms with Crippen LogP contribution in [-0.4, -0.2) is 22.8 Å². The summed E-state index contributed by atoms with van der Waals surface area (Å²) < 4.78 is 16.5. The van der Waals surface area contributed by atoms with Crippen LogP contribution < -0.4 is 14.2 Å². The van der Waals surface area contributed by atoms with Crippen molar-refractivity contribution in [3.8, 4) is 17.2 Å². The highest BCUT2D eigenvalue weighted by atomic mass is 35.5. The standard InChI is InChI=1S/C25H17Cl2NO5S/c26-18-5-4-17(20(27)11-18)12-28-24(29)23(34-25(28)30)10-15-1-6-19(7-2-15)31-13-16-3-8-21-22(9-16)33-14-32-21/h1-11H,12-14H2/b23-10-. The number of ether oxygens (including phenoxy) is 3. The van der Waals surface area contributed by atoms with E-state index < -0.39 is 0 Å². The minimum Gasteiger partial charge on any atom is -0.489 e. The Kier molecular flexibility index (Phi) is 6.41. The van der Waals surface area contributed by atoms with Crippen LogP contribution in [0.1, 0.15) is 16.7 Å². The summed E-state index contributed by atoms with van der Waals surface area (Å²) in [7, 11) is 0. The van der Waals surface area contributed by atoms with Gasteiger partial charge in [-0.05, 0) is 70.9 Å². The molecule has 172 valence electrons. The summed E-state index contributed by atoms with van der Waals surface area (Å²) >= 11 is 13.0. The van der Waals surface area contributed by atoms with E-state index in [9.17, 15) is 9.59 Å². The molecular weight excluding hydrogens is 497 g/mol. The van der Waals surface area contributed by atoms with E-state index in [0.717, 1.165) is 28.6 Å². The lowest BCUT2D eigenvalue weighted by Gasteiger charge is -2.13.